The Balaban J connectivity index is 1.38. The molecule has 0 unspecified atom stereocenters. The fraction of sp³-hybridized carbons (Fsp3) is 0.519. The molecule has 0 radical (unpaired) electrons. The van der Waals surface area contributed by atoms with Gasteiger partial charge in [-0.25, -0.2) is 13.1 Å². The maximum atomic E-state index is 11.4. The van der Waals surface area contributed by atoms with Crippen LogP contribution in [-0.2, 0) is 15.4 Å². The summed E-state index contributed by atoms with van der Waals surface area (Å²) in [5.74, 6) is 0.698. The third-order valence-corrected chi connectivity index (χ3v) is 8.63. The number of anilines is 1. The van der Waals surface area contributed by atoms with Crippen LogP contribution in [-0.4, -0.2) is 70.3 Å². The lowest BCUT2D eigenvalue weighted by Gasteiger charge is -2.47. The van der Waals surface area contributed by atoms with Crippen molar-refractivity contribution in [1.82, 2.24) is 9.62 Å². The molecule has 0 spiro atoms. The fourth-order valence-corrected chi connectivity index (χ4v) is 6.36. The van der Waals surface area contributed by atoms with Crippen LogP contribution in [0.2, 0.25) is 5.02 Å². The van der Waals surface area contributed by atoms with Gasteiger partial charge in [0, 0.05) is 49.4 Å². The third kappa shape index (κ3) is 6.52. The van der Waals surface area contributed by atoms with Gasteiger partial charge in [-0.2, -0.15) is 5.26 Å². The summed E-state index contributed by atoms with van der Waals surface area (Å²) in [6.45, 7) is 8.06. The number of nitriles is 1. The summed E-state index contributed by atoms with van der Waals surface area (Å²) >= 11 is 12.2. The lowest BCUT2D eigenvalue weighted by molar-refractivity contribution is 0.0725. The molecule has 2 aromatic carbocycles. The molecule has 2 aliphatic rings. The Morgan fingerprint density at radius 1 is 1.14 bits per heavy atom. The van der Waals surface area contributed by atoms with Crippen molar-refractivity contribution in [2.75, 3.05) is 49.8 Å². The Morgan fingerprint density at radius 3 is 2.35 bits per heavy atom. The molecule has 10 heteroatoms. The number of ether oxygens (including phenoxy) is 1. The molecule has 2 saturated heterocycles. The number of likely N-dealkylation sites (tertiary alicyclic amines) is 1. The highest BCUT2D eigenvalue weighted by molar-refractivity contribution is 7.88. The van der Waals surface area contributed by atoms with Crippen molar-refractivity contribution in [1.29, 1.82) is 5.26 Å². The Kier molecular flexibility index (Phi) is 8.61. The van der Waals surface area contributed by atoms with Crippen molar-refractivity contribution in [3.63, 3.8) is 0 Å². The van der Waals surface area contributed by atoms with Crippen molar-refractivity contribution in [2.24, 2.45) is 0 Å². The number of hydrogen-bond donors (Lipinski definition) is 1. The standard InChI is InChI=1S/C27H34Cl2N4O3S/c1-27(2,21-14-19(16-30)26(25(29)15-21)36-13-10-28)20-4-6-23(7-5-20)32-11-8-24(9-12-32)33-17-22(18-33)31-37(3,34)35/h4-7,14-15,22,24,31H,8-13,17-18H2,1-3H3. The van der Waals surface area contributed by atoms with E-state index in [4.69, 9.17) is 27.9 Å². The van der Waals surface area contributed by atoms with Gasteiger partial charge in [0.25, 0.3) is 0 Å². The molecule has 2 aliphatic heterocycles. The zero-order valence-electron chi connectivity index (χ0n) is 21.5. The molecule has 7 nitrogen and oxygen atoms in total. The minimum absolute atomic E-state index is 0.0393. The van der Waals surface area contributed by atoms with Gasteiger partial charge >= 0.3 is 0 Å². The van der Waals surface area contributed by atoms with E-state index >= 15 is 0 Å². The number of hydrogen-bond acceptors (Lipinski definition) is 6. The van der Waals surface area contributed by atoms with Gasteiger partial charge in [0.1, 0.15) is 12.7 Å². The minimum Gasteiger partial charge on any atom is -0.489 e. The maximum absolute atomic E-state index is 11.4. The van der Waals surface area contributed by atoms with E-state index in [1.54, 1.807) is 0 Å². The smallest absolute Gasteiger partial charge is 0.209 e. The van der Waals surface area contributed by atoms with Gasteiger partial charge in [-0.15, -0.1) is 11.6 Å². The third-order valence-electron chi connectivity index (χ3n) is 7.43. The van der Waals surface area contributed by atoms with Crippen molar-refractivity contribution in [3.8, 4) is 11.8 Å². The van der Waals surface area contributed by atoms with Crippen molar-refractivity contribution in [3.05, 3.63) is 58.1 Å². The Bertz CT molecular complexity index is 1250. The molecule has 2 aromatic rings. The summed E-state index contributed by atoms with van der Waals surface area (Å²) in [4.78, 5) is 4.80. The van der Waals surface area contributed by atoms with Crippen LogP contribution in [0.25, 0.3) is 0 Å². The number of nitrogens with one attached hydrogen (secondary N) is 1. The molecule has 2 heterocycles. The number of halogens is 2. The number of piperidine rings is 1. The van der Waals surface area contributed by atoms with Crippen LogP contribution in [0, 0.1) is 11.3 Å². The Morgan fingerprint density at radius 2 is 1.78 bits per heavy atom. The monoisotopic (exact) mass is 564 g/mol. The van der Waals surface area contributed by atoms with Crippen molar-refractivity contribution < 1.29 is 13.2 Å². The number of benzene rings is 2. The van der Waals surface area contributed by atoms with E-state index in [1.165, 1.54) is 11.9 Å². The predicted octanol–water partition coefficient (Wildman–Crippen LogP) is 4.36. The normalized spacial score (nSPS) is 17.9. The minimum atomic E-state index is -3.14. The molecule has 0 bridgehead atoms. The van der Waals surface area contributed by atoms with Crippen molar-refractivity contribution >= 4 is 38.9 Å². The van der Waals surface area contributed by atoms with Crippen LogP contribution in [0.15, 0.2) is 36.4 Å². The quantitative estimate of drug-likeness (QED) is 0.455. The molecule has 1 N–H and O–H groups in total. The number of rotatable bonds is 9. The first kappa shape index (κ1) is 28.0. The molecule has 37 heavy (non-hydrogen) atoms. The van der Waals surface area contributed by atoms with Crippen LogP contribution in [0.3, 0.4) is 0 Å². The van der Waals surface area contributed by atoms with Crippen LogP contribution < -0.4 is 14.4 Å². The lowest BCUT2D eigenvalue weighted by atomic mass is 9.77. The first-order valence-corrected chi connectivity index (χ1v) is 15.3. The van der Waals surface area contributed by atoms with E-state index in [9.17, 15) is 13.7 Å². The molecule has 0 amide bonds. The highest BCUT2D eigenvalue weighted by Gasteiger charge is 2.35. The Labute approximate surface area is 230 Å². The average Bonchev–Trinajstić information content (AvgIpc) is 2.84. The van der Waals surface area contributed by atoms with E-state index in [-0.39, 0.29) is 18.1 Å². The van der Waals surface area contributed by atoms with Gasteiger partial charge in [0.2, 0.25) is 10.0 Å². The number of alkyl halides is 1. The van der Waals surface area contributed by atoms with Gasteiger partial charge in [-0.3, -0.25) is 4.90 Å². The lowest BCUT2D eigenvalue weighted by Crippen LogP contribution is -2.63. The van der Waals surface area contributed by atoms with Gasteiger partial charge in [-0.05, 0) is 48.2 Å². The van der Waals surface area contributed by atoms with E-state index in [1.807, 2.05) is 12.1 Å². The highest BCUT2D eigenvalue weighted by atomic mass is 35.5. The number of sulfonamides is 1. The zero-order valence-corrected chi connectivity index (χ0v) is 23.8. The first-order valence-electron chi connectivity index (χ1n) is 12.5. The summed E-state index contributed by atoms with van der Waals surface area (Å²) in [6.07, 6.45) is 3.34. The molecule has 0 saturated carbocycles. The van der Waals surface area contributed by atoms with Crippen LogP contribution in [0.4, 0.5) is 5.69 Å². The van der Waals surface area contributed by atoms with Crippen LogP contribution in [0.1, 0.15) is 43.4 Å². The molecule has 0 aliphatic carbocycles. The molecule has 0 aromatic heterocycles. The molecule has 4 rings (SSSR count). The predicted molar refractivity (Wildman–Crippen MR) is 150 cm³/mol. The Hall–Kier alpha value is -2.02. The zero-order chi connectivity index (χ0) is 26.8. The average molecular weight is 566 g/mol. The van der Waals surface area contributed by atoms with E-state index < -0.39 is 10.0 Å². The van der Waals surface area contributed by atoms with Gasteiger partial charge in [0.15, 0.2) is 5.75 Å². The molecule has 200 valence electrons. The largest absolute Gasteiger partial charge is 0.489 e. The molecule has 0 atom stereocenters. The molecular formula is C27H34Cl2N4O3S. The summed E-state index contributed by atoms with van der Waals surface area (Å²) < 4.78 is 31.1. The van der Waals surface area contributed by atoms with E-state index in [0.29, 0.717) is 28.3 Å². The first-order chi connectivity index (χ1) is 17.5. The molecular weight excluding hydrogens is 531 g/mol. The van der Waals surface area contributed by atoms with Crippen LogP contribution in [0.5, 0.6) is 5.75 Å². The summed E-state index contributed by atoms with van der Waals surface area (Å²) in [7, 11) is -3.14. The summed E-state index contributed by atoms with van der Waals surface area (Å²) in [5, 5.41) is 10.1. The maximum Gasteiger partial charge on any atom is 0.209 e. The van der Waals surface area contributed by atoms with E-state index in [0.717, 1.165) is 50.1 Å². The SMILES string of the molecule is CC(C)(c1ccc(N2CCC(N3CC(NS(C)(=O)=O)C3)CC2)cc1)c1cc(Cl)c(OCCCl)c(C#N)c1. The van der Waals surface area contributed by atoms with Gasteiger partial charge in [-0.1, -0.05) is 37.6 Å². The second-order valence-electron chi connectivity index (χ2n) is 10.4. The van der Waals surface area contributed by atoms with E-state index in [2.05, 4.69) is 58.7 Å². The second-order valence-corrected chi connectivity index (χ2v) is 13.0. The van der Waals surface area contributed by atoms with Gasteiger partial charge in [0.05, 0.1) is 22.7 Å². The topological polar surface area (TPSA) is 85.7 Å². The molecule has 2 fully saturated rings. The second kappa shape index (κ2) is 11.4. The summed E-state index contributed by atoms with van der Waals surface area (Å²) in [5.41, 5.74) is 3.31. The number of nitrogens with zero attached hydrogens (tertiary/aromatic N) is 3. The van der Waals surface area contributed by atoms with Crippen molar-refractivity contribution in [2.45, 2.75) is 44.2 Å². The van der Waals surface area contributed by atoms with Crippen LogP contribution >= 0.6 is 23.2 Å². The fourth-order valence-electron chi connectivity index (χ4n) is 5.26. The van der Waals surface area contributed by atoms with Gasteiger partial charge < -0.3 is 9.64 Å². The summed E-state index contributed by atoms with van der Waals surface area (Å²) in [6, 6.07) is 15.1. The highest BCUT2D eigenvalue weighted by Crippen LogP contribution is 2.39.